The molecule has 1 saturated heterocycles. The highest BCUT2D eigenvalue weighted by atomic mass is 35.5. The summed E-state index contributed by atoms with van der Waals surface area (Å²) in [5.74, 6) is 0.420. The summed E-state index contributed by atoms with van der Waals surface area (Å²) in [4.78, 5) is 14.5. The average Bonchev–Trinajstić information content (AvgIpc) is 2.64. The predicted molar refractivity (Wildman–Crippen MR) is 105 cm³/mol. The van der Waals surface area contributed by atoms with Gasteiger partial charge in [0.05, 0.1) is 5.02 Å². The van der Waals surface area contributed by atoms with Gasteiger partial charge in [-0.2, -0.15) is 0 Å². The van der Waals surface area contributed by atoms with E-state index in [1.165, 1.54) is 5.56 Å². The third-order valence-electron chi connectivity index (χ3n) is 4.47. The second-order valence-electron chi connectivity index (χ2n) is 6.46. The van der Waals surface area contributed by atoms with Crippen molar-refractivity contribution in [3.63, 3.8) is 0 Å². The van der Waals surface area contributed by atoms with Crippen molar-refractivity contribution in [2.75, 3.05) is 19.7 Å². The third kappa shape index (κ3) is 5.63. The molecule has 1 aliphatic heterocycles. The number of nitrogens with zero attached hydrogens (tertiary/aromatic N) is 1. The van der Waals surface area contributed by atoms with Gasteiger partial charge in [0.15, 0.2) is 6.61 Å². The van der Waals surface area contributed by atoms with E-state index in [-0.39, 0.29) is 18.6 Å². The van der Waals surface area contributed by atoms with E-state index in [1.54, 1.807) is 12.1 Å². The minimum atomic E-state index is -0.110. The number of hydrogen-bond donors (Lipinski definition) is 1. The molecule has 0 aromatic heterocycles. The first kappa shape index (κ1) is 19.0. The Hall–Kier alpha value is -1.75. The Kier molecular flexibility index (Phi) is 6.78. The number of hydrogen-bond acceptors (Lipinski definition) is 3. The number of nitrogens with one attached hydrogen (secondary N) is 1. The number of para-hydroxylation sites is 1. The summed E-state index contributed by atoms with van der Waals surface area (Å²) < 4.78 is 5.48. The smallest absolute Gasteiger partial charge is 0.258 e. The molecule has 1 N–H and O–H groups in total. The fourth-order valence-corrected chi connectivity index (χ4v) is 3.37. The van der Waals surface area contributed by atoms with E-state index >= 15 is 0 Å². The Morgan fingerprint density at radius 2 is 1.77 bits per heavy atom. The molecular formula is C20H22Cl2N2O2. The Bertz CT molecular complexity index is 729. The molecule has 0 unspecified atom stereocenters. The minimum absolute atomic E-state index is 0.0191. The van der Waals surface area contributed by atoms with E-state index in [9.17, 15) is 4.79 Å². The Balaban J connectivity index is 1.38. The van der Waals surface area contributed by atoms with E-state index < -0.39 is 0 Å². The number of amides is 1. The SMILES string of the molecule is O=C(COc1ccccc1Cl)NC1CCN(Cc2ccc(Cl)cc2)CC1. The van der Waals surface area contributed by atoms with Crippen molar-refractivity contribution in [2.45, 2.75) is 25.4 Å². The summed E-state index contributed by atoms with van der Waals surface area (Å²) in [6.45, 7) is 2.81. The van der Waals surface area contributed by atoms with Crippen molar-refractivity contribution in [1.82, 2.24) is 10.2 Å². The van der Waals surface area contributed by atoms with Crippen LogP contribution in [-0.4, -0.2) is 36.5 Å². The van der Waals surface area contributed by atoms with E-state index in [4.69, 9.17) is 27.9 Å². The molecule has 2 aromatic rings. The van der Waals surface area contributed by atoms with Crippen LogP contribution in [0.5, 0.6) is 5.75 Å². The molecule has 0 bridgehead atoms. The Labute approximate surface area is 164 Å². The van der Waals surface area contributed by atoms with E-state index in [0.717, 1.165) is 37.5 Å². The monoisotopic (exact) mass is 392 g/mol. The summed E-state index contributed by atoms with van der Waals surface area (Å²) in [6.07, 6.45) is 1.87. The maximum absolute atomic E-state index is 12.1. The standard InChI is InChI=1S/C20H22Cl2N2O2/c21-16-7-5-15(6-8-16)13-24-11-9-17(10-12-24)23-20(25)14-26-19-4-2-1-3-18(19)22/h1-8,17H,9-14H2,(H,23,25). The molecule has 0 spiro atoms. The van der Waals surface area contributed by atoms with Gasteiger partial charge in [-0.3, -0.25) is 9.69 Å². The summed E-state index contributed by atoms with van der Waals surface area (Å²) in [7, 11) is 0. The number of likely N-dealkylation sites (tertiary alicyclic amines) is 1. The topological polar surface area (TPSA) is 41.6 Å². The zero-order valence-electron chi connectivity index (χ0n) is 14.5. The molecule has 1 amide bonds. The first-order valence-electron chi connectivity index (χ1n) is 8.73. The largest absolute Gasteiger partial charge is 0.482 e. The van der Waals surface area contributed by atoms with Gasteiger partial charge in [0.1, 0.15) is 5.75 Å². The fourth-order valence-electron chi connectivity index (χ4n) is 3.06. The maximum Gasteiger partial charge on any atom is 0.258 e. The number of rotatable bonds is 6. The van der Waals surface area contributed by atoms with E-state index in [0.29, 0.717) is 10.8 Å². The van der Waals surface area contributed by atoms with Crippen molar-refractivity contribution in [1.29, 1.82) is 0 Å². The second-order valence-corrected chi connectivity index (χ2v) is 7.31. The van der Waals surface area contributed by atoms with Crippen LogP contribution in [0.2, 0.25) is 10.0 Å². The van der Waals surface area contributed by atoms with Crippen molar-refractivity contribution in [3.05, 3.63) is 64.1 Å². The van der Waals surface area contributed by atoms with Gasteiger partial charge in [0.25, 0.3) is 5.91 Å². The van der Waals surface area contributed by atoms with E-state index in [2.05, 4.69) is 22.3 Å². The summed E-state index contributed by atoms with van der Waals surface area (Å²) >= 11 is 11.9. The minimum Gasteiger partial charge on any atom is -0.482 e. The van der Waals surface area contributed by atoms with E-state index in [1.807, 2.05) is 24.3 Å². The zero-order valence-corrected chi connectivity index (χ0v) is 16.0. The summed E-state index contributed by atoms with van der Waals surface area (Å²) in [5.41, 5.74) is 1.25. The highest BCUT2D eigenvalue weighted by molar-refractivity contribution is 6.32. The molecule has 6 heteroatoms. The van der Waals surface area contributed by atoms with Crippen LogP contribution in [-0.2, 0) is 11.3 Å². The highest BCUT2D eigenvalue weighted by Crippen LogP contribution is 2.23. The summed E-state index contributed by atoms with van der Waals surface area (Å²) in [6, 6.07) is 15.3. The van der Waals surface area contributed by atoms with Crippen molar-refractivity contribution < 1.29 is 9.53 Å². The number of piperidine rings is 1. The van der Waals surface area contributed by atoms with Crippen LogP contribution in [0.25, 0.3) is 0 Å². The van der Waals surface area contributed by atoms with Gasteiger partial charge < -0.3 is 10.1 Å². The molecule has 1 aliphatic rings. The molecule has 4 nitrogen and oxygen atoms in total. The molecule has 26 heavy (non-hydrogen) atoms. The van der Waals surface area contributed by atoms with Crippen LogP contribution < -0.4 is 10.1 Å². The first-order valence-corrected chi connectivity index (χ1v) is 9.49. The second kappa shape index (κ2) is 9.26. The Morgan fingerprint density at radius 1 is 1.08 bits per heavy atom. The lowest BCUT2D eigenvalue weighted by Crippen LogP contribution is -2.45. The van der Waals surface area contributed by atoms with Crippen molar-refractivity contribution in [3.8, 4) is 5.75 Å². The molecule has 0 atom stereocenters. The quantitative estimate of drug-likeness (QED) is 0.802. The van der Waals surface area contributed by atoms with Crippen molar-refractivity contribution in [2.24, 2.45) is 0 Å². The van der Waals surface area contributed by atoms with Gasteiger partial charge in [-0.15, -0.1) is 0 Å². The van der Waals surface area contributed by atoms with Crippen LogP contribution in [0.1, 0.15) is 18.4 Å². The predicted octanol–water partition coefficient (Wildman–Crippen LogP) is 4.15. The molecular weight excluding hydrogens is 371 g/mol. The molecule has 1 fully saturated rings. The van der Waals surface area contributed by atoms with Crippen LogP contribution in [0.15, 0.2) is 48.5 Å². The van der Waals surface area contributed by atoms with Gasteiger partial charge in [-0.1, -0.05) is 47.5 Å². The fraction of sp³-hybridized carbons (Fsp3) is 0.350. The Morgan fingerprint density at radius 3 is 2.46 bits per heavy atom. The molecule has 3 rings (SSSR count). The first-order chi connectivity index (χ1) is 12.6. The maximum atomic E-state index is 12.1. The average molecular weight is 393 g/mol. The summed E-state index contributed by atoms with van der Waals surface area (Å²) in [5, 5.41) is 4.32. The lowest BCUT2D eigenvalue weighted by atomic mass is 10.0. The highest BCUT2D eigenvalue weighted by Gasteiger charge is 2.21. The number of carbonyl (C=O) groups is 1. The van der Waals surface area contributed by atoms with Gasteiger partial charge in [-0.25, -0.2) is 0 Å². The molecule has 2 aromatic carbocycles. The number of carbonyl (C=O) groups excluding carboxylic acids is 1. The number of benzene rings is 2. The van der Waals surface area contributed by atoms with Gasteiger partial charge in [0, 0.05) is 30.7 Å². The number of ether oxygens (including phenoxy) is 1. The third-order valence-corrected chi connectivity index (χ3v) is 5.03. The molecule has 138 valence electrons. The molecule has 0 radical (unpaired) electrons. The molecule has 1 heterocycles. The van der Waals surface area contributed by atoms with Crippen molar-refractivity contribution >= 4 is 29.1 Å². The lowest BCUT2D eigenvalue weighted by Gasteiger charge is -2.32. The van der Waals surface area contributed by atoms with Crippen LogP contribution in [0.4, 0.5) is 0 Å². The van der Waals surface area contributed by atoms with Gasteiger partial charge in [0.2, 0.25) is 0 Å². The normalized spacial score (nSPS) is 15.6. The van der Waals surface area contributed by atoms with Crippen LogP contribution in [0, 0.1) is 0 Å². The van der Waals surface area contributed by atoms with Gasteiger partial charge in [-0.05, 0) is 42.7 Å². The zero-order chi connectivity index (χ0) is 18.4. The van der Waals surface area contributed by atoms with Gasteiger partial charge >= 0.3 is 0 Å². The van der Waals surface area contributed by atoms with Crippen LogP contribution in [0.3, 0.4) is 0 Å². The number of halogens is 2. The molecule has 0 aliphatic carbocycles. The molecule has 0 saturated carbocycles. The van der Waals surface area contributed by atoms with Crippen LogP contribution >= 0.6 is 23.2 Å². The lowest BCUT2D eigenvalue weighted by molar-refractivity contribution is -0.124.